The molecule has 2 saturated heterocycles. The van der Waals surface area contributed by atoms with Gasteiger partial charge in [0, 0.05) is 18.3 Å². The van der Waals surface area contributed by atoms with Crippen LogP contribution in [-0.4, -0.2) is 64.7 Å². The normalized spacial score (nSPS) is 53.6. The van der Waals surface area contributed by atoms with Crippen molar-refractivity contribution in [2.75, 3.05) is 0 Å². The SMILES string of the molecule is C[C@@H]1CCC[C@H](O[C@H]2[C@@H](O)C[C@H](O[C@H]3CC[C@]4(C)C5CC[C@]6(C)[C@@H](C7=CC(=O)CC7)CC[C@]6(O)C5CC[C@@H]4C3)O[C@@H]2C)O1. The first kappa shape index (κ1) is 30.8. The summed E-state index contributed by atoms with van der Waals surface area (Å²) in [7, 11) is 0. The second-order valence-corrected chi connectivity index (χ2v) is 16.2. The summed E-state index contributed by atoms with van der Waals surface area (Å²) < 4.78 is 25.0. The number of hydrogen-bond donors (Lipinski definition) is 2. The van der Waals surface area contributed by atoms with Crippen molar-refractivity contribution >= 4 is 5.78 Å². The van der Waals surface area contributed by atoms with Crippen LogP contribution >= 0.6 is 0 Å². The maximum absolute atomic E-state index is 12.5. The predicted molar refractivity (Wildman–Crippen MR) is 162 cm³/mol. The van der Waals surface area contributed by atoms with E-state index in [9.17, 15) is 15.0 Å². The molecule has 6 fully saturated rings. The Morgan fingerprint density at radius 1 is 0.860 bits per heavy atom. The maximum Gasteiger partial charge on any atom is 0.161 e. The lowest BCUT2D eigenvalue weighted by Crippen LogP contribution is -2.62. The molecule has 2 heterocycles. The predicted octanol–water partition coefficient (Wildman–Crippen LogP) is 6.23. The molecule has 0 aromatic heterocycles. The zero-order valence-corrected chi connectivity index (χ0v) is 27.0. The van der Waals surface area contributed by atoms with Gasteiger partial charge < -0.3 is 29.2 Å². The molecule has 2 N–H and O–H groups in total. The minimum absolute atomic E-state index is 0.118. The summed E-state index contributed by atoms with van der Waals surface area (Å²) in [6.07, 6.45) is 14.8. The van der Waals surface area contributed by atoms with Crippen molar-refractivity contribution in [2.24, 2.45) is 34.5 Å². The lowest BCUT2D eigenvalue weighted by atomic mass is 9.43. The number of hydrogen-bond acceptors (Lipinski definition) is 7. The van der Waals surface area contributed by atoms with Gasteiger partial charge in [0.25, 0.3) is 0 Å². The van der Waals surface area contributed by atoms with E-state index < -0.39 is 24.1 Å². The van der Waals surface area contributed by atoms with E-state index in [2.05, 4.69) is 20.8 Å². The Balaban J connectivity index is 0.969. The van der Waals surface area contributed by atoms with Gasteiger partial charge in [-0.15, -0.1) is 0 Å². The van der Waals surface area contributed by atoms with Crippen molar-refractivity contribution in [1.29, 1.82) is 0 Å². The van der Waals surface area contributed by atoms with Gasteiger partial charge >= 0.3 is 0 Å². The Morgan fingerprint density at radius 3 is 2.44 bits per heavy atom. The number of rotatable bonds is 5. The third-order valence-electron chi connectivity index (χ3n) is 14.0. The highest BCUT2D eigenvalue weighted by molar-refractivity contribution is 5.93. The van der Waals surface area contributed by atoms with Gasteiger partial charge in [0.2, 0.25) is 0 Å². The molecule has 5 aliphatic carbocycles. The summed E-state index contributed by atoms with van der Waals surface area (Å²) in [6.45, 7) is 8.92. The fourth-order valence-electron chi connectivity index (χ4n) is 11.6. The molecule has 0 amide bonds. The molecule has 0 aromatic rings. The number of fused-ring (bicyclic) bond motifs is 5. The van der Waals surface area contributed by atoms with Crippen LogP contribution < -0.4 is 0 Å². The molecule has 14 atom stereocenters. The van der Waals surface area contributed by atoms with Gasteiger partial charge in [0.1, 0.15) is 6.10 Å². The Bertz CT molecular complexity index is 1080. The largest absolute Gasteiger partial charge is 0.390 e. The van der Waals surface area contributed by atoms with Crippen LogP contribution in [0.25, 0.3) is 0 Å². The van der Waals surface area contributed by atoms with E-state index in [-0.39, 0.29) is 41.2 Å². The molecular weight excluding hydrogens is 544 g/mol. The number of ketones is 1. The monoisotopic (exact) mass is 600 g/mol. The Labute approximate surface area is 258 Å². The van der Waals surface area contributed by atoms with E-state index in [0.717, 1.165) is 77.0 Å². The smallest absolute Gasteiger partial charge is 0.161 e. The Hall–Kier alpha value is -0.830. The van der Waals surface area contributed by atoms with Gasteiger partial charge in [0.15, 0.2) is 18.4 Å². The molecule has 4 saturated carbocycles. The highest BCUT2D eigenvalue weighted by atomic mass is 16.7. The van der Waals surface area contributed by atoms with E-state index in [1.165, 1.54) is 12.0 Å². The van der Waals surface area contributed by atoms with E-state index in [1.54, 1.807) is 0 Å². The topological polar surface area (TPSA) is 94.5 Å². The zero-order chi connectivity index (χ0) is 30.1. The third kappa shape index (κ3) is 5.20. The van der Waals surface area contributed by atoms with Crippen LogP contribution in [0.1, 0.15) is 124 Å². The lowest BCUT2D eigenvalue weighted by molar-refractivity contribution is -0.306. The Kier molecular flexibility index (Phi) is 8.20. The molecule has 242 valence electrons. The molecule has 7 rings (SSSR count). The van der Waals surface area contributed by atoms with Gasteiger partial charge in [0.05, 0.1) is 30.0 Å². The van der Waals surface area contributed by atoms with Gasteiger partial charge in [-0.2, -0.15) is 0 Å². The minimum Gasteiger partial charge on any atom is -0.390 e. The summed E-state index contributed by atoms with van der Waals surface area (Å²) in [4.78, 5) is 12.1. The van der Waals surface area contributed by atoms with Gasteiger partial charge in [-0.05, 0) is 132 Å². The summed E-state index contributed by atoms with van der Waals surface area (Å²) in [5.41, 5.74) is 0.790. The molecule has 0 spiro atoms. The van der Waals surface area contributed by atoms with Crippen molar-refractivity contribution in [1.82, 2.24) is 0 Å². The number of carbonyl (C=O) groups excluding carboxylic acids is 1. The lowest BCUT2D eigenvalue weighted by Gasteiger charge is -2.64. The molecule has 0 bridgehead atoms. The van der Waals surface area contributed by atoms with Crippen molar-refractivity contribution in [3.05, 3.63) is 11.6 Å². The van der Waals surface area contributed by atoms with E-state index in [1.807, 2.05) is 13.0 Å². The van der Waals surface area contributed by atoms with Crippen molar-refractivity contribution in [3.8, 4) is 0 Å². The fraction of sp³-hybridized carbons (Fsp3) is 0.917. The molecular formula is C36H56O7. The zero-order valence-electron chi connectivity index (χ0n) is 27.0. The van der Waals surface area contributed by atoms with Crippen LogP contribution in [0.5, 0.6) is 0 Å². The average Bonchev–Trinajstić information content (AvgIpc) is 3.50. The molecule has 2 unspecified atom stereocenters. The van der Waals surface area contributed by atoms with Crippen LogP contribution in [0.15, 0.2) is 11.6 Å². The average molecular weight is 601 g/mol. The third-order valence-corrected chi connectivity index (χ3v) is 14.0. The first-order valence-corrected chi connectivity index (χ1v) is 17.8. The standard InChI is InChI=1S/C36H56O7/c1-21-6-5-7-31(40-21)43-33-22(2)41-32(20-30(33)38)42-26-12-15-34(3)24(19-26)9-11-29-28(34)13-16-35(4)27(14-17-36(29,35)39)23-8-10-25(37)18-23/h18,21-22,24,26-33,38-39H,5-17,19-20H2,1-4H3/t21-,22-,24-,26+,27-,28?,29?,30+,31+,32+,33-,34+,35-,36+/m1/s1. The quantitative estimate of drug-likeness (QED) is 0.361. The second-order valence-electron chi connectivity index (χ2n) is 16.2. The molecule has 0 aromatic carbocycles. The highest BCUT2D eigenvalue weighted by Crippen LogP contribution is 2.70. The van der Waals surface area contributed by atoms with Crippen molar-refractivity contribution in [3.63, 3.8) is 0 Å². The molecule has 7 aliphatic rings. The molecule has 2 aliphatic heterocycles. The number of aliphatic hydroxyl groups excluding tert-OH is 1. The maximum atomic E-state index is 12.5. The van der Waals surface area contributed by atoms with Crippen LogP contribution in [0, 0.1) is 34.5 Å². The molecule has 43 heavy (non-hydrogen) atoms. The van der Waals surface area contributed by atoms with Crippen LogP contribution in [0.2, 0.25) is 0 Å². The summed E-state index contributed by atoms with van der Waals surface area (Å²) in [5.74, 6) is 2.10. The van der Waals surface area contributed by atoms with Crippen molar-refractivity contribution < 1.29 is 34.0 Å². The Morgan fingerprint density at radius 2 is 1.70 bits per heavy atom. The van der Waals surface area contributed by atoms with Gasteiger partial charge in [-0.25, -0.2) is 0 Å². The number of allylic oxidation sites excluding steroid dienone is 2. The first-order chi connectivity index (χ1) is 20.5. The van der Waals surface area contributed by atoms with Crippen LogP contribution in [0.4, 0.5) is 0 Å². The van der Waals surface area contributed by atoms with Gasteiger partial charge in [-0.1, -0.05) is 19.4 Å². The van der Waals surface area contributed by atoms with E-state index in [4.69, 9.17) is 18.9 Å². The number of carbonyl (C=O) groups is 1. The molecule has 0 radical (unpaired) electrons. The summed E-state index contributed by atoms with van der Waals surface area (Å²) in [6, 6.07) is 0. The molecule has 7 heteroatoms. The van der Waals surface area contributed by atoms with E-state index >= 15 is 0 Å². The minimum atomic E-state index is -0.635. The fourth-order valence-corrected chi connectivity index (χ4v) is 11.6. The summed E-state index contributed by atoms with van der Waals surface area (Å²) in [5, 5.41) is 23.6. The highest BCUT2D eigenvalue weighted by Gasteiger charge is 2.67. The number of ether oxygens (including phenoxy) is 4. The summed E-state index contributed by atoms with van der Waals surface area (Å²) >= 11 is 0. The first-order valence-electron chi connectivity index (χ1n) is 17.8. The van der Waals surface area contributed by atoms with E-state index in [0.29, 0.717) is 36.5 Å². The number of aliphatic hydroxyl groups is 2. The molecule has 7 nitrogen and oxygen atoms in total. The van der Waals surface area contributed by atoms with Crippen molar-refractivity contribution in [2.45, 2.75) is 173 Å². The van der Waals surface area contributed by atoms with Crippen LogP contribution in [-0.2, 0) is 23.7 Å². The second kappa shape index (κ2) is 11.5. The van der Waals surface area contributed by atoms with Crippen LogP contribution in [0.3, 0.4) is 0 Å². The van der Waals surface area contributed by atoms with Gasteiger partial charge in [-0.3, -0.25) is 4.79 Å².